The normalized spacial score (nSPS) is 11.3. The second-order valence-corrected chi connectivity index (χ2v) is 5.61. The third kappa shape index (κ3) is 2.21. The number of aryl methyl sites for hydroxylation is 1. The summed E-state index contributed by atoms with van der Waals surface area (Å²) in [6.07, 6.45) is 3.29. The minimum absolute atomic E-state index is 0.358. The summed E-state index contributed by atoms with van der Waals surface area (Å²) in [5.74, 6) is 0.358. The summed E-state index contributed by atoms with van der Waals surface area (Å²) < 4.78 is 7.11. The van der Waals surface area contributed by atoms with Crippen molar-refractivity contribution in [1.29, 1.82) is 0 Å². The molecule has 0 aliphatic carbocycles. The van der Waals surface area contributed by atoms with Gasteiger partial charge in [0.25, 0.3) is 5.56 Å². The van der Waals surface area contributed by atoms with Gasteiger partial charge >= 0.3 is 5.69 Å². The van der Waals surface area contributed by atoms with Crippen molar-refractivity contribution in [2.75, 3.05) is 7.11 Å². The molecule has 7 nitrogen and oxygen atoms in total. The second-order valence-electron chi connectivity index (χ2n) is 4.61. The van der Waals surface area contributed by atoms with Gasteiger partial charge in [0.1, 0.15) is 15.0 Å². The fourth-order valence-electron chi connectivity index (χ4n) is 2.20. The van der Waals surface area contributed by atoms with Crippen LogP contribution in [0.2, 0.25) is 0 Å². The minimum atomic E-state index is -0.412. The average Bonchev–Trinajstić information content (AvgIpc) is 2.86. The quantitative estimate of drug-likeness (QED) is 0.789. The molecule has 0 saturated heterocycles. The molecule has 21 heavy (non-hydrogen) atoms. The zero-order valence-corrected chi connectivity index (χ0v) is 12.5. The Balaban J connectivity index is 2.43. The second kappa shape index (κ2) is 5.28. The van der Waals surface area contributed by atoms with E-state index < -0.39 is 11.2 Å². The van der Waals surface area contributed by atoms with Gasteiger partial charge in [0, 0.05) is 6.54 Å². The van der Waals surface area contributed by atoms with Crippen LogP contribution in [0.3, 0.4) is 0 Å². The van der Waals surface area contributed by atoms with E-state index in [1.54, 1.807) is 4.57 Å². The van der Waals surface area contributed by atoms with Crippen LogP contribution in [0.15, 0.2) is 15.8 Å². The van der Waals surface area contributed by atoms with Crippen molar-refractivity contribution in [3.05, 3.63) is 27.0 Å². The number of hydrogen-bond acceptors (Lipinski definition) is 6. The smallest absolute Gasteiger partial charge is 0.328 e. The molecule has 0 amide bonds. The van der Waals surface area contributed by atoms with Crippen LogP contribution in [0, 0.1) is 0 Å². The van der Waals surface area contributed by atoms with E-state index in [1.807, 2.05) is 6.92 Å². The molecule has 0 unspecified atom stereocenters. The van der Waals surface area contributed by atoms with E-state index in [1.165, 1.54) is 24.6 Å². The number of hydrogen-bond donors (Lipinski definition) is 1. The highest BCUT2D eigenvalue weighted by Crippen LogP contribution is 2.29. The Kier molecular flexibility index (Phi) is 3.46. The number of aromatic amines is 1. The predicted octanol–water partition coefficient (Wildman–Crippen LogP) is 1.50. The number of ether oxygens (including phenoxy) is 1. The molecule has 0 aromatic carbocycles. The maximum atomic E-state index is 12.1. The van der Waals surface area contributed by atoms with Gasteiger partial charge in [-0.05, 0) is 6.42 Å². The summed E-state index contributed by atoms with van der Waals surface area (Å²) >= 11 is 1.23. The molecule has 3 aromatic rings. The van der Waals surface area contributed by atoms with Gasteiger partial charge in [-0.15, -0.1) is 11.3 Å². The van der Waals surface area contributed by atoms with Crippen LogP contribution in [0.5, 0.6) is 5.88 Å². The summed E-state index contributed by atoms with van der Waals surface area (Å²) in [6.45, 7) is 2.58. The fourth-order valence-corrected chi connectivity index (χ4v) is 3.18. The standard InChI is InChI=1S/C13H14N4O3S/c1-3-4-5-17-9-8-12(14-6-7(15-8)20-2)21-10(9)11(18)16-13(17)19/h6H,3-5H2,1-2H3,(H,16,18,19). The lowest BCUT2D eigenvalue weighted by molar-refractivity contribution is 0.398. The van der Waals surface area contributed by atoms with Gasteiger partial charge in [0.05, 0.1) is 18.8 Å². The highest BCUT2D eigenvalue weighted by molar-refractivity contribution is 7.25. The number of aromatic nitrogens is 4. The molecule has 110 valence electrons. The van der Waals surface area contributed by atoms with Crippen LogP contribution in [-0.2, 0) is 6.54 Å². The maximum absolute atomic E-state index is 12.1. The lowest BCUT2D eigenvalue weighted by Crippen LogP contribution is -2.29. The molecule has 0 saturated carbocycles. The number of fused-ring (bicyclic) bond motifs is 3. The van der Waals surface area contributed by atoms with E-state index >= 15 is 0 Å². The van der Waals surface area contributed by atoms with Gasteiger partial charge in [-0.25, -0.2) is 14.8 Å². The molecular weight excluding hydrogens is 292 g/mol. The molecule has 8 heteroatoms. The van der Waals surface area contributed by atoms with Crippen LogP contribution in [0.25, 0.3) is 20.6 Å². The molecule has 0 bridgehead atoms. The summed E-state index contributed by atoms with van der Waals surface area (Å²) in [5, 5.41) is 0. The van der Waals surface area contributed by atoms with E-state index in [9.17, 15) is 9.59 Å². The SMILES string of the molecule is CCCCn1c(=O)[nH]c(=O)c2sc3ncc(OC)nc3c21. The lowest BCUT2D eigenvalue weighted by Gasteiger charge is -2.06. The summed E-state index contributed by atoms with van der Waals surface area (Å²) in [6, 6.07) is 0. The zero-order chi connectivity index (χ0) is 15.0. The van der Waals surface area contributed by atoms with Gasteiger partial charge in [-0.3, -0.25) is 14.3 Å². The summed E-state index contributed by atoms with van der Waals surface area (Å²) in [4.78, 5) is 35.7. The molecule has 0 spiro atoms. The van der Waals surface area contributed by atoms with Crippen LogP contribution >= 0.6 is 11.3 Å². The van der Waals surface area contributed by atoms with Crippen LogP contribution in [-0.4, -0.2) is 26.6 Å². The molecule has 3 rings (SSSR count). The van der Waals surface area contributed by atoms with Crippen molar-refractivity contribution in [2.45, 2.75) is 26.3 Å². The Hall–Kier alpha value is -2.22. The monoisotopic (exact) mass is 306 g/mol. The van der Waals surface area contributed by atoms with Crippen molar-refractivity contribution in [3.8, 4) is 5.88 Å². The number of nitrogens with one attached hydrogen (secondary N) is 1. The predicted molar refractivity (Wildman–Crippen MR) is 81.3 cm³/mol. The van der Waals surface area contributed by atoms with E-state index in [4.69, 9.17) is 4.74 Å². The first-order valence-corrected chi connectivity index (χ1v) is 7.43. The highest BCUT2D eigenvalue weighted by Gasteiger charge is 2.16. The van der Waals surface area contributed by atoms with Gasteiger partial charge in [0.15, 0.2) is 0 Å². The molecule has 0 fully saturated rings. The number of unbranched alkanes of at least 4 members (excludes halogenated alkanes) is 1. The first kappa shape index (κ1) is 13.7. The summed E-state index contributed by atoms with van der Waals surface area (Å²) in [7, 11) is 1.50. The molecule has 3 heterocycles. The highest BCUT2D eigenvalue weighted by atomic mass is 32.1. The lowest BCUT2D eigenvalue weighted by atomic mass is 10.3. The van der Waals surface area contributed by atoms with Gasteiger partial charge in [-0.2, -0.15) is 0 Å². The number of H-pyrrole nitrogens is 1. The van der Waals surface area contributed by atoms with Crippen molar-refractivity contribution < 1.29 is 4.74 Å². The Morgan fingerprint density at radius 2 is 2.24 bits per heavy atom. The third-order valence-electron chi connectivity index (χ3n) is 3.24. The van der Waals surface area contributed by atoms with Gasteiger partial charge < -0.3 is 4.74 Å². The van der Waals surface area contributed by atoms with Crippen molar-refractivity contribution in [1.82, 2.24) is 19.5 Å². The van der Waals surface area contributed by atoms with Crippen molar-refractivity contribution in [2.24, 2.45) is 0 Å². The minimum Gasteiger partial charge on any atom is -0.480 e. The van der Waals surface area contributed by atoms with Crippen LogP contribution in [0.4, 0.5) is 0 Å². The van der Waals surface area contributed by atoms with E-state index in [0.717, 1.165) is 12.8 Å². The number of thiophene rings is 1. The Morgan fingerprint density at radius 3 is 2.95 bits per heavy atom. The molecule has 0 radical (unpaired) electrons. The van der Waals surface area contributed by atoms with Gasteiger partial charge in [-0.1, -0.05) is 13.3 Å². The van der Waals surface area contributed by atoms with Crippen molar-refractivity contribution in [3.63, 3.8) is 0 Å². The molecule has 1 N–H and O–H groups in total. The van der Waals surface area contributed by atoms with Crippen LogP contribution in [0.1, 0.15) is 19.8 Å². The molecule has 3 aromatic heterocycles. The number of rotatable bonds is 4. The zero-order valence-electron chi connectivity index (χ0n) is 11.7. The first-order chi connectivity index (χ1) is 10.2. The van der Waals surface area contributed by atoms with E-state index in [-0.39, 0.29) is 0 Å². The van der Waals surface area contributed by atoms with E-state index in [2.05, 4.69) is 15.0 Å². The molecular formula is C13H14N4O3S. The van der Waals surface area contributed by atoms with Crippen molar-refractivity contribution >= 4 is 31.9 Å². The molecule has 0 atom stereocenters. The van der Waals surface area contributed by atoms with Crippen LogP contribution < -0.4 is 16.0 Å². The summed E-state index contributed by atoms with van der Waals surface area (Å²) in [5.41, 5.74) is 0.272. The maximum Gasteiger partial charge on any atom is 0.328 e. The Bertz CT molecular complexity index is 925. The Labute approximate surface area is 123 Å². The average molecular weight is 306 g/mol. The molecule has 0 aliphatic rings. The largest absolute Gasteiger partial charge is 0.480 e. The molecule has 0 aliphatic heterocycles. The third-order valence-corrected chi connectivity index (χ3v) is 4.32. The number of methoxy groups -OCH3 is 1. The topological polar surface area (TPSA) is 89.9 Å². The number of nitrogens with zero attached hydrogens (tertiary/aromatic N) is 3. The fraction of sp³-hybridized carbons (Fsp3) is 0.385. The first-order valence-electron chi connectivity index (χ1n) is 6.62. The van der Waals surface area contributed by atoms with E-state index in [0.29, 0.717) is 33.0 Å². The van der Waals surface area contributed by atoms with Gasteiger partial charge in [0.2, 0.25) is 5.88 Å². The Morgan fingerprint density at radius 1 is 1.43 bits per heavy atom.